The van der Waals surface area contributed by atoms with Crippen molar-refractivity contribution in [2.75, 3.05) is 7.11 Å². The molecule has 0 spiro atoms. The number of rotatable bonds is 6. The number of methoxy groups -OCH3 is 1. The number of halogens is 4. The van der Waals surface area contributed by atoms with Gasteiger partial charge in [-0.3, -0.25) is 4.98 Å². The number of aromatic nitrogens is 5. The lowest BCUT2D eigenvalue weighted by molar-refractivity contribution is -0.131. The number of hydrogen-bond acceptors (Lipinski definition) is 6. The molecule has 1 N–H and O–H groups in total. The number of alkyl halides is 2. The summed E-state index contributed by atoms with van der Waals surface area (Å²) in [7, 11) is 1.39. The highest BCUT2D eigenvalue weighted by Crippen LogP contribution is 2.43. The van der Waals surface area contributed by atoms with Gasteiger partial charge >= 0.3 is 0 Å². The van der Waals surface area contributed by atoms with Crippen LogP contribution < -0.4 is 4.74 Å². The molecule has 3 aromatic rings. The Morgan fingerprint density at radius 3 is 2.48 bits per heavy atom. The Morgan fingerprint density at radius 1 is 1.19 bits per heavy atom. The molecule has 2 aromatic heterocycles. The molecule has 0 fully saturated rings. The molecule has 0 aliphatic heterocycles. The highest BCUT2D eigenvalue weighted by molar-refractivity contribution is 5.32. The number of hydrogen-bond donors (Lipinski definition) is 1. The predicted octanol–water partition coefficient (Wildman–Crippen LogP) is 2.10. The molecule has 0 amide bonds. The Balaban J connectivity index is 2.23. The van der Waals surface area contributed by atoms with Crippen LogP contribution in [0.5, 0.6) is 5.75 Å². The zero-order valence-electron chi connectivity index (χ0n) is 13.8. The smallest absolute Gasteiger partial charge is 0.273 e. The molecule has 0 radical (unpaired) electrons. The van der Waals surface area contributed by atoms with E-state index in [-0.39, 0.29) is 5.69 Å². The average molecular weight is 383 g/mol. The number of nitrogens with zero attached hydrogens (tertiary/aromatic N) is 5. The number of aliphatic hydroxyl groups is 1. The van der Waals surface area contributed by atoms with E-state index in [4.69, 9.17) is 4.74 Å². The van der Waals surface area contributed by atoms with Gasteiger partial charge in [-0.2, -0.15) is 0 Å². The third kappa shape index (κ3) is 3.33. The Kier molecular flexibility index (Phi) is 5.04. The molecule has 2 atom stereocenters. The topological polar surface area (TPSA) is 86.0 Å². The predicted molar refractivity (Wildman–Crippen MR) is 83.0 cm³/mol. The van der Waals surface area contributed by atoms with E-state index in [0.717, 1.165) is 23.1 Å². The molecule has 1 aromatic carbocycles. The van der Waals surface area contributed by atoms with Crippen molar-refractivity contribution in [3.05, 3.63) is 65.7 Å². The van der Waals surface area contributed by atoms with E-state index in [1.54, 1.807) is 0 Å². The van der Waals surface area contributed by atoms with E-state index in [1.165, 1.54) is 25.4 Å². The number of pyridine rings is 1. The Bertz CT molecular complexity index is 908. The van der Waals surface area contributed by atoms with Crippen LogP contribution in [-0.4, -0.2) is 43.8 Å². The minimum absolute atomic E-state index is 0.0883. The molecule has 27 heavy (non-hydrogen) atoms. The van der Waals surface area contributed by atoms with E-state index >= 15 is 0 Å². The molecule has 0 aliphatic rings. The van der Waals surface area contributed by atoms with Gasteiger partial charge in [-0.05, 0) is 34.7 Å². The molecule has 11 heteroatoms. The quantitative estimate of drug-likeness (QED) is 0.656. The first-order valence-electron chi connectivity index (χ1n) is 7.56. The van der Waals surface area contributed by atoms with Gasteiger partial charge in [0.25, 0.3) is 6.43 Å². The molecule has 0 saturated carbocycles. The first-order valence-corrected chi connectivity index (χ1v) is 7.56. The second-order valence-electron chi connectivity index (χ2n) is 5.57. The summed E-state index contributed by atoms with van der Waals surface area (Å²) in [5, 5.41) is 21.2. The summed E-state index contributed by atoms with van der Waals surface area (Å²) in [5.41, 5.74) is -4.05. The summed E-state index contributed by atoms with van der Waals surface area (Å²) >= 11 is 0. The number of benzene rings is 1. The summed E-state index contributed by atoms with van der Waals surface area (Å²) in [6, 6.07) is 2.94. The van der Waals surface area contributed by atoms with Gasteiger partial charge in [0, 0.05) is 11.6 Å². The van der Waals surface area contributed by atoms with Crippen molar-refractivity contribution in [3.8, 4) is 5.75 Å². The third-order valence-electron chi connectivity index (χ3n) is 4.02. The molecular weight excluding hydrogens is 370 g/mol. The van der Waals surface area contributed by atoms with Crippen LogP contribution in [0, 0.1) is 11.6 Å². The highest BCUT2D eigenvalue weighted by Gasteiger charge is 2.51. The van der Waals surface area contributed by atoms with Crippen molar-refractivity contribution in [2.24, 2.45) is 0 Å². The summed E-state index contributed by atoms with van der Waals surface area (Å²) in [6.07, 6.45) is -1.28. The van der Waals surface area contributed by atoms with Crippen molar-refractivity contribution in [1.82, 2.24) is 25.2 Å². The summed E-state index contributed by atoms with van der Waals surface area (Å²) in [6.45, 7) is 0. The zero-order chi connectivity index (χ0) is 19.6. The second kappa shape index (κ2) is 7.27. The maximum atomic E-state index is 14.3. The van der Waals surface area contributed by atoms with Gasteiger partial charge in [-0.15, -0.1) is 5.10 Å². The van der Waals surface area contributed by atoms with Crippen molar-refractivity contribution < 1.29 is 27.4 Å². The molecule has 0 aliphatic carbocycles. The summed E-state index contributed by atoms with van der Waals surface area (Å²) < 4.78 is 61.5. The Morgan fingerprint density at radius 2 is 1.96 bits per heavy atom. The average Bonchev–Trinajstić information content (AvgIpc) is 3.16. The van der Waals surface area contributed by atoms with E-state index in [0.29, 0.717) is 11.8 Å². The van der Waals surface area contributed by atoms with E-state index < -0.39 is 35.3 Å². The minimum atomic E-state index is -3.49. The largest absolute Gasteiger partial charge is 0.495 e. The molecule has 142 valence electrons. The number of tetrazole rings is 1. The Labute approximate surface area is 150 Å². The Hall–Kier alpha value is -3.08. The zero-order valence-corrected chi connectivity index (χ0v) is 13.8. The maximum absolute atomic E-state index is 14.3. The van der Waals surface area contributed by atoms with Crippen LogP contribution in [0.25, 0.3) is 0 Å². The van der Waals surface area contributed by atoms with Gasteiger partial charge in [0.05, 0.1) is 19.0 Å². The minimum Gasteiger partial charge on any atom is -0.495 e. The maximum Gasteiger partial charge on any atom is 0.273 e. The van der Waals surface area contributed by atoms with Gasteiger partial charge in [-0.25, -0.2) is 22.2 Å². The molecule has 2 heterocycles. The molecule has 2 unspecified atom stereocenters. The van der Waals surface area contributed by atoms with E-state index in [2.05, 4.69) is 20.5 Å². The molecule has 0 bridgehead atoms. The lowest BCUT2D eigenvalue weighted by Crippen LogP contribution is -2.45. The van der Waals surface area contributed by atoms with Crippen LogP contribution in [0.4, 0.5) is 17.6 Å². The van der Waals surface area contributed by atoms with Gasteiger partial charge < -0.3 is 9.84 Å². The monoisotopic (exact) mass is 383 g/mol. The highest BCUT2D eigenvalue weighted by atomic mass is 19.3. The molecule has 0 saturated heterocycles. The van der Waals surface area contributed by atoms with E-state index in [9.17, 15) is 22.7 Å². The van der Waals surface area contributed by atoms with Gasteiger partial charge in [-0.1, -0.05) is 0 Å². The van der Waals surface area contributed by atoms with Crippen molar-refractivity contribution in [1.29, 1.82) is 0 Å². The van der Waals surface area contributed by atoms with Gasteiger partial charge in [0.15, 0.2) is 5.60 Å². The van der Waals surface area contributed by atoms with Gasteiger partial charge in [0.2, 0.25) is 0 Å². The van der Waals surface area contributed by atoms with Gasteiger partial charge in [0.1, 0.15) is 29.8 Å². The fraction of sp³-hybridized carbons (Fsp3) is 0.250. The normalized spacial score (nSPS) is 14.8. The van der Waals surface area contributed by atoms with Crippen molar-refractivity contribution in [2.45, 2.75) is 18.1 Å². The summed E-state index contributed by atoms with van der Waals surface area (Å²) in [5.74, 6) is -1.98. The van der Waals surface area contributed by atoms with Crippen LogP contribution >= 0.6 is 0 Å². The molecule has 7 nitrogen and oxygen atoms in total. The summed E-state index contributed by atoms with van der Waals surface area (Å²) in [4.78, 5) is 4.00. The second-order valence-corrected chi connectivity index (χ2v) is 5.57. The van der Waals surface area contributed by atoms with Crippen LogP contribution in [0.2, 0.25) is 0 Å². The van der Waals surface area contributed by atoms with Crippen LogP contribution in [0.1, 0.15) is 17.3 Å². The van der Waals surface area contributed by atoms with Crippen LogP contribution in [0.3, 0.4) is 0 Å². The lowest BCUT2D eigenvalue weighted by Gasteiger charge is -2.35. The molecule has 3 rings (SSSR count). The fourth-order valence-electron chi connectivity index (χ4n) is 2.72. The SMILES string of the molecule is COc1ccc(C(n2cnnn2)C(O)(c2ccc(F)cc2F)C(F)F)nc1. The first kappa shape index (κ1) is 18.7. The standard InChI is InChI=1S/C16H13F4N5O2/c1-27-10-3-5-13(21-7-10)14(25-8-22-23-24-25)16(26,15(19)20)11-4-2-9(17)6-12(11)18/h2-8,14-15,26H,1H3. The number of ether oxygens (including phenoxy) is 1. The molecular formula is C16H13F4N5O2. The van der Waals surface area contributed by atoms with Crippen LogP contribution in [-0.2, 0) is 5.60 Å². The van der Waals surface area contributed by atoms with Crippen molar-refractivity contribution >= 4 is 0 Å². The van der Waals surface area contributed by atoms with Crippen LogP contribution in [0.15, 0.2) is 42.9 Å². The lowest BCUT2D eigenvalue weighted by atomic mass is 9.84. The fourth-order valence-corrected chi connectivity index (χ4v) is 2.72. The third-order valence-corrected chi connectivity index (χ3v) is 4.02. The first-order chi connectivity index (χ1) is 12.9. The van der Waals surface area contributed by atoms with Crippen molar-refractivity contribution in [3.63, 3.8) is 0 Å². The van der Waals surface area contributed by atoms with E-state index in [1.807, 2.05) is 0 Å².